The molecule has 0 saturated carbocycles. The van der Waals surface area contributed by atoms with Crippen molar-refractivity contribution in [1.29, 1.82) is 5.26 Å². The van der Waals surface area contributed by atoms with Gasteiger partial charge in [-0.15, -0.1) is 0 Å². The number of fused-ring (bicyclic) bond motifs is 2. The molecule has 3 heterocycles. The number of carbonyl (C=O) groups is 1. The number of amides is 1. The Bertz CT molecular complexity index is 1530. The van der Waals surface area contributed by atoms with Crippen molar-refractivity contribution < 1.29 is 14.3 Å². The first-order chi connectivity index (χ1) is 19.2. The molecule has 1 saturated heterocycles. The molecule has 1 atom stereocenters. The Kier molecular flexibility index (Phi) is 6.93. The second-order valence-corrected chi connectivity index (χ2v) is 9.64. The van der Waals surface area contributed by atoms with E-state index in [2.05, 4.69) is 27.3 Å². The van der Waals surface area contributed by atoms with Gasteiger partial charge in [-0.2, -0.15) is 5.26 Å². The van der Waals surface area contributed by atoms with Crippen LogP contribution in [0.1, 0.15) is 22.7 Å². The number of nitrogens with one attached hydrogen (secondary N) is 1. The van der Waals surface area contributed by atoms with Crippen LogP contribution in [0.3, 0.4) is 0 Å². The maximum absolute atomic E-state index is 13.2. The zero-order chi connectivity index (χ0) is 26.6. The molecule has 2 aliphatic rings. The van der Waals surface area contributed by atoms with Gasteiger partial charge in [0.15, 0.2) is 23.2 Å². The van der Waals surface area contributed by atoms with Gasteiger partial charge in [0.05, 0.1) is 17.1 Å². The fourth-order valence-corrected chi connectivity index (χ4v) is 4.98. The molecule has 0 spiro atoms. The molecule has 2 aliphatic heterocycles. The molecule has 4 aromatic rings. The number of aromatic nitrogens is 2. The number of para-hydroxylation sites is 2. The molecule has 6 rings (SSSR count). The quantitative estimate of drug-likeness (QED) is 0.394. The minimum Gasteiger partial charge on any atom is -0.454 e. The fraction of sp³-hybridized carbons (Fsp3) is 0.267. The lowest BCUT2D eigenvalue weighted by atomic mass is 10.0. The average Bonchev–Trinajstić information content (AvgIpc) is 3.45. The Balaban J connectivity index is 1.20. The number of anilines is 1. The van der Waals surface area contributed by atoms with Crippen molar-refractivity contribution in [1.82, 2.24) is 20.2 Å². The SMILES string of the molecule is N#C[C@H](C(=O)NCc1ccccc1)c1nc2ccccc2nc1N1CCN(Cc2ccc3c(c2)OCO3)CC1. The molecule has 0 unspecified atom stereocenters. The van der Waals surface area contributed by atoms with Gasteiger partial charge in [-0.1, -0.05) is 48.5 Å². The molecule has 9 nitrogen and oxygen atoms in total. The van der Waals surface area contributed by atoms with Gasteiger partial charge in [0.1, 0.15) is 5.69 Å². The summed E-state index contributed by atoms with van der Waals surface area (Å²) in [4.78, 5) is 27.4. The highest BCUT2D eigenvalue weighted by Gasteiger charge is 2.30. The van der Waals surface area contributed by atoms with Crippen LogP contribution >= 0.6 is 0 Å². The zero-order valence-electron chi connectivity index (χ0n) is 21.4. The molecule has 0 radical (unpaired) electrons. The van der Waals surface area contributed by atoms with Crippen LogP contribution in [-0.2, 0) is 17.9 Å². The smallest absolute Gasteiger partial charge is 0.243 e. The highest BCUT2D eigenvalue weighted by atomic mass is 16.7. The number of hydrogen-bond donors (Lipinski definition) is 1. The lowest BCUT2D eigenvalue weighted by molar-refractivity contribution is -0.121. The topological polar surface area (TPSA) is 104 Å². The number of ether oxygens (including phenoxy) is 2. The van der Waals surface area contributed by atoms with Crippen molar-refractivity contribution >= 4 is 22.8 Å². The third-order valence-corrected chi connectivity index (χ3v) is 7.07. The first kappa shape index (κ1) is 24.6. The molecule has 39 heavy (non-hydrogen) atoms. The Hall–Kier alpha value is -4.68. The van der Waals surface area contributed by atoms with E-state index >= 15 is 0 Å². The number of rotatable bonds is 7. The van der Waals surface area contributed by atoms with E-state index in [-0.39, 0.29) is 12.7 Å². The summed E-state index contributed by atoms with van der Waals surface area (Å²) in [6.07, 6.45) is 0. The third kappa shape index (κ3) is 5.33. The molecule has 196 valence electrons. The van der Waals surface area contributed by atoms with E-state index in [0.29, 0.717) is 36.7 Å². The standard InChI is InChI=1S/C30H28N6O3/c31-17-23(30(37)32-18-21-6-2-1-3-7-21)28-29(34-25-9-5-4-8-24(25)33-28)36-14-12-35(13-15-36)19-22-10-11-26-27(16-22)39-20-38-26/h1-11,16,23H,12-15,18-20H2,(H,32,37)/t23-/m0/s1. The van der Waals surface area contributed by atoms with E-state index in [0.717, 1.165) is 42.2 Å². The number of hydrogen-bond acceptors (Lipinski definition) is 8. The highest BCUT2D eigenvalue weighted by molar-refractivity contribution is 5.88. The van der Waals surface area contributed by atoms with Crippen LogP contribution in [0.2, 0.25) is 0 Å². The lowest BCUT2D eigenvalue weighted by Gasteiger charge is -2.36. The van der Waals surface area contributed by atoms with Gasteiger partial charge in [0.2, 0.25) is 12.7 Å². The minimum atomic E-state index is -1.08. The maximum Gasteiger partial charge on any atom is 0.243 e. The van der Waals surface area contributed by atoms with Gasteiger partial charge in [0.25, 0.3) is 0 Å². The van der Waals surface area contributed by atoms with Crippen molar-refractivity contribution in [3.63, 3.8) is 0 Å². The lowest BCUT2D eigenvalue weighted by Crippen LogP contribution is -2.47. The van der Waals surface area contributed by atoms with Crippen molar-refractivity contribution in [2.24, 2.45) is 0 Å². The van der Waals surface area contributed by atoms with Crippen LogP contribution in [-0.4, -0.2) is 53.7 Å². The predicted molar refractivity (Wildman–Crippen MR) is 146 cm³/mol. The summed E-state index contributed by atoms with van der Waals surface area (Å²) in [7, 11) is 0. The summed E-state index contributed by atoms with van der Waals surface area (Å²) >= 11 is 0. The molecule has 9 heteroatoms. The Morgan fingerprint density at radius 3 is 2.38 bits per heavy atom. The highest BCUT2D eigenvalue weighted by Crippen LogP contribution is 2.33. The van der Waals surface area contributed by atoms with Crippen molar-refractivity contribution in [3.05, 3.63) is 89.6 Å². The van der Waals surface area contributed by atoms with Gasteiger partial charge in [0, 0.05) is 39.3 Å². The fourth-order valence-electron chi connectivity index (χ4n) is 4.98. The molecule has 3 aromatic carbocycles. The molecule has 1 fully saturated rings. The third-order valence-electron chi connectivity index (χ3n) is 7.07. The van der Waals surface area contributed by atoms with Gasteiger partial charge in [-0.25, -0.2) is 9.97 Å². The van der Waals surface area contributed by atoms with Gasteiger partial charge < -0.3 is 19.7 Å². The summed E-state index contributed by atoms with van der Waals surface area (Å²) in [6, 6.07) is 25.4. The van der Waals surface area contributed by atoms with Crippen molar-refractivity contribution in [2.45, 2.75) is 19.0 Å². The first-order valence-electron chi connectivity index (χ1n) is 13.0. The van der Waals surface area contributed by atoms with E-state index in [1.54, 1.807) is 0 Å². The summed E-state index contributed by atoms with van der Waals surface area (Å²) in [6.45, 7) is 4.42. The van der Waals surface area contributed by atoms with Crippen LogP contribution < -0.4 is 19.7 Å². The van der Waals surface area contributed by atoms with Crippen molar-refractivity contribution in [3.8, 4) is 17.6 Å². The number of nitrogens with zero attached hydrogens (tertiary/aromatic N) is 5. The molecule has 1 N–H and O–H groups in total. The van der Waals surface area contributed by atoms with E-state index < -0.39 is 5.92 Å². The summed E-state index contributed by atoms with van der Waals surface area (Å²) in [5.41, 5.74) is 3.92. The summed E-state index contributed by atoms with van der Waals surface area (Å²) in [5.74, 6) is 0.708. The first-order valence-corrected chi connectivity index (χ1v) is 13.0. The van der Waals surface area contributed by atoms with E-state index in [4.69, 9.17) is 19.4 Å². The van der Waals surface area contributed by atoms with Gasteiger partial charge in [-0.3, -0.25) is 9.69 Å². The van der Waals surface area contributed by atoms with Crippen LogP contribution in [0.4, 0.5) is 5.82 Å². The maximum atomic E-state index is 13.2. The van der Waals surface area contributed by atoms with Gasteiger partial charge in [-0.05, 0) is 35.4 Å². The van der Waals surface area contributed by atoms with E-state index in [1.165, 1.54) is 5.56 Å². The molecule has 1 aromatic heterocycles. The Morgan fingerprint density at radius 1 is 0.897 bits per heavy atom. The normalized spacial score (nSPS) is 15.6. The van der Waals surface area contributed by atoms with Crippen LogP contribution in [0.5, 0.6) is 11.5 Å². The Labute approximate surface area is 226 Å². The van der Waals surface area contributed by atoms with Crippen molar-refractivity contribution in [2.75, 3.05) is 37.9 Å². The Morgan fingerprint density at radius 2 is 1.62 bits per heavy atom. The molecule has 1 amide bonds. The zero-order valence-corrected chi connectivity index (χ0v) is 21.4. The number of piperazine rings is 1. The molecular formula is C30H28N6O3. The minimum absolute atomic E-state index is 0.264. The summed E-state index contributed by atoms with van der Waals surface area (Å²) < 4.78 is 10.9. The molecule has 0 aliphatic carbocycles. The number of benzene rings is 3. The molecular weight excluding hydrogens is 492 g/mol. The monoisotopic (exact) mass is 520 g/mol. The number of nitriles is 1. The van der Waals surface area contributed by atoms with Crippen LogP contribution in [0, 0.1) is 11.3 Å². The van der Waals surface area contributed by atoms with Crippen LogP contribution in [0.25, 0.3) is 11.0 Å². The molecule has 0 bridgehead atoms. The second-order valence-electron chi connectivity index (χ2n) is 9.64. The second kappa shape index (κ2) is 11.0. The largest absolute Gasteiger partial charge is 0.454 e. The number of carbonyl (C=O) groups excluding carboxylic acids is 1. The van der Waals surface area contributed by atoms with E-state index in [9.17, 15) is 10.1 Å². The average molecular weight is 521 g/mol. The van der Waals surface area contributed by atoms with Gasteiger partial charge >= 0.3 is 0 Å². The van der Waals surface area contributed by atoms with Crippen LogP contribution in [0.15, 0.2) is 72.8 Å². The van der Waals surface area contributed by atoms with E-state index in [1.807, 2.05) is 66.7 Å². The summed E-state index contributed by atoms with van der Waals surface area (Å²) in [5, 5.41) is 13.0. The predicted octanol–water partition coefficient (Wildman–Crippen LogP) is 3.60.